The Kier molecular flexibility index (Phi) is 7.24. The highest BCUT2D eigenvalue weighted by atomic mass is 35.5. The van der Waals surface area contributed by atoms with Crippen molar-refractivity contribution in [2.24, 2.45) is 5.73 Å². The summed E-state index contributed by atoms with van der Waals surface area (Å²) in [6.07, 6.45) is -1.41. The highest BCUT2D eigenvalue weighted by Gasteiger charge is 2.30. The first-order chi connectivity index (χ1) is 10.9. The van der Waals surface area contributed by atoms with E-state index in [4.69, 9.17) is 5.73 Å². The van der Waals surface area contributed by atoms with Gasteiger partial charge in [-0.3, -0.25) is 4.79 Å². The molecule has 0 bridgehead atoms. The van der Waals surface area contributed by atoms with Crippen molar-refractivity contribution in [1.82, 2.24) is 15.1 Å². The minimum absolute atomic E-state index is 0. The third-order valence-electron chi connectivity index (χ3n) is 3.18. The van der Waals surface area contributed by atoms with Gasteiger partial charge in [-0.05, 0) is 43.7 Å². The van der Waals surface area contributed by atoms with Crippen LogP contribution in [0.4, 0.5) is 13.2 Å². The zero-order chi connectivity index (χ0) is 16.9. The molecule has 0 atom stereocenters. The lowest BCUT2D eigenvalue weighted by Crippen LogP contribution is -2.25. The number of carbonyl (C=O) groups excluding carboxylic acids is 1. The molecule has 1 aromatic heterocycles. The number of amides is 1. The number of nitrogens with two attached hydrogens (primary N) is 1. The molecule has 0 aliphatic rings. The number of nitrogens with zero attached hydrogens (tertiary/aromatic N) is 2. The van der Waals surface area contributed by atoms with Gasteiger partial charge in [0.25, 0.3) is 5.91 Å². The summed E-state index contributed by atoms with van der Waals surface area (Å²) in [5.74, 6) is -0.368. The van der Waals surface area contributed by atoms with E-state index in [1.807, 2.05) is 0 Å². The topological polar surface area (TPSA) is 72.9 Å². The number of carbonyl (C=O) groups is 1. The number of nitrogens with one attached hydrogen (secondary N) is 1. The zero-order valence-corrected chi connectivity index (χ0v) is 13.5. The highest BCUT2D eigenvalue weighted by molar-refractivity contribution is 5.92. The maximum Gasteiger partial charge on any atom is 0.416 e. The Labute approximate surface area is 143 Å². The third kappa shape index (κ3) is 5.24. The van der Waals surface area contributed by atoms with E-state index in [9.17, 15) is 18.0 Å². The fourth-order valence-corrected chi connectivity index (χ4v) is 1.98. The lowest BCUT2D eigenvalue weighted by molar-refractivity contribution is -0.137. The Hall–Kier alpha value is -2.06. The molecule has 0 fully saturated rings. The van der Waals surface area contributed by atoms with Crippen molar-refractivity contribution >= 4 is 18.3 Å². The van der Waals surface area contributed by atoms with Crippen LogP contribution in [0.25, 0.3) is 5.69 Å². The van der Waals surface area contributed by atoms with Crippen molar-refractivity contribution in [3.8, 4) is 5.69 Å². The molecule has 2 rings (SSSR count). The summed E-state index contributed by atoms with van der Waals surface area (Å²) in [5.41, 5.74) is 4.98. The van der Waals surface area contributed by atoms with E-state index < -0.39 is 11.7 Å². The highest BCUT2D eigenvalue weighted by Crippen LogP contribution is 2.30. The molecule has 0 saturated heterocycles. The van der Waals surface area contributed by atoms with Crippen LogP contribution in [0.3, 0.4) is 0 Å². The van der Waals surface area contributed by atoms with Crippen LogP contribution < -0.4 is 11.1 Å². The summed E-state index contributed by atoms with van der Waals surface area (Å²) < 4.78 is 39.4. The van der Waals surface area contributed by atoms with E-state index in [2.05, 4.69) is 10.4 Å². The molecule has 0 aliphatic heterocycles. The van der Waals surface area contributed by atoms with Gasteiger partial charge in [0.2, 0.25) is 0 Å². The smallest absolute Gasteiger partial charge is 0.351 e. The summed E-state index contributed by atoms with van der Waals surface area (Å²) in [6.45, 7) is 1.03. The van der Waals surface area contributed by atoms with E-state index >= 15 is 0 Å². The molecule has 1 heterocycles. The van der Waals surface area contributed by atoms with Crippen LogP contribution >= 0.6 is 12.4 Å². The van der Waals surface area contributed by atoms with Crippen molar-refractivity contribution < 1.29 is 18.0 Å². The fraction of sp³-hybridized carbons (Fsp3) is 0.333. The first kappa shape index (κ1) is 20.0. The summed E-state index contributed by atoms with van der Waals surface area (Å²) in [5, 5.41) is 6.70. The van der Waals surface area contributed by atoms with Gasteiger partial charge in [-0.15, -0.1) is 12.4 Å². The SMILES string of the molecule is Cl.NCCCCNC(=O)c1ccn(-c2cccc(C(F)(F)F)c2)n1. The summed E-state index contributed by atoms with van der Waals surface area (Å²) in [7, 11) is 0. The fourth-order valence-electron chi connectivity index (χ4n) is 1.98. The molecular weight excluding hydrogens is 345 g/mol. The van der Waals surface area contributed by atoms with Crippen LogP contribution in [-0.4, -0.2) is 28.8 Å². The second kappa shape index (κ2) is 8.70. The van der Waals surface area contributed by atoms with Gasteiger partial charge in [-0.25, -0.2) is 4.68 Å². The van der Waals surface area contributed by atoms with Gasteiger partial charge < -0.3 is 11.1 Å². The Bertz CT molecular complexity index is 673. The van der Waals surface area contributed by atoms with Crippen molar-refractivity contribution in [2.75, 3.05) is 13.1 Å². The number of benzene rings is 1. The second-order valence-corrected chi connectivity index (χ2v) is 4.95. The van der Waals surface area contributed by atoms with Crippen LogP contribution in [0.15, 0.2) is 36.5 Å². The average molecular weight is 363 g/mol. The maximum atomic E-state index is 12.7. The van der Waals surface area contributed by atoms with Crippen LogP contribution in [-0.2, 0) is 6.18 Å². The minimum Gasteiger partial charge on any atom is -0.351 e. The molecule has 9 heteroatoms. The standard InChI is InChI=1S/C15H17F3N4O.ClH/c16-15(17,18)11-4-3-5-12(10-11)22-9-6-13(21-22)14(23)20-8-2-1-7-19;/h3-6,9-10H,1-2,7-8,19H2,(H,20,23);1H. The molecule has 132 valence electrons. The molecule has 3 N–H and O–H groups in total. The Morgan fingerprint density at radius 3 is 2.67 bits per heavy atom. The van der Waals surface area contributed by atoms with E-state index in [-0.39, 0.29) is 29.7 Å². The first-order valence-electron chi connectivity index (χ1n) is 7.13. The number of hydrogen-bond donors (Lipinski definition) is 2. The number of hydrogen-bond acceptors (Lipinski definition) is 3. The van der Waals surface area contributed by atoms with Gasteiger partial charge in [0.1, 0.15) is 0 Å². The van der Waals surface area contributed by atoms with Crippen molar-refractivity contribution in [1.29, 1.82) is 0 Å². The van der Waals surface area contributed by atoms with Gasteiger partial charge in [0.05, 0.1) is 11.3 Å². The molecule has 5 nitrogen and oxygen atoms in total. The molecule has 24 heavy (non-hydrogen) atoms. The second-order valence-electron chi connectivity index (χ2n) is 4.95. The normalized spacial score (nSPS) is 11.0. The lowest BCUT2D eigenvalue weighted by Gasteiger charge is -2.08. The monoisotopic (exact) mass is 362 g/mol. The maximum absolute atomic E-state index is 12.7. The number of unbranched alkanes of at least 4 members (excludes halogenated alkanes) is 1. The lowest BCUT2D eigenvalue weighted by atomic mass is 10.2. The molecule has 1 amide bonds. The number of alkyl halides is 3. The molecule has 0 aliphatic carbocycles. The van der Waals surface area contributed by atoms with Crippen molar-refractivity contribution in [2.45, 2.75) is 19.0 Å². The number of halogens is 4. The average Bonchev–Trinajstić information content (AvgIpc) is 3.01. The van der Waals surface area contributed by atoms with Crippen molar-refractivity contribution in [3.05, 3.63) is 47.8 Å². The van der Waals surface area contributed by atoms with E-state index in [0.29, 0.717) is 13.1 Å². The molecule has 0 radical (unpaired) electrons. The quantitative estimate of drug-likeness (QED) is 0.776. The van der Waals surface area contributed by atoms with Crippen LogP contribution in [0.1, 0.15) is 28.9 Å². The number of rotatable bonds is 6. The molecule has 0 spiro atoms. The van der Waals surface area contributed by atoms with E-state index in [1.54, 1.807) is 0 Å². The largest absolute Gasteiger partial charge is 0.416 e. The third-order valence-corrected chi connectivity index (χ3v) is 3.18. The van der Waals surface area contributed by atoms with Gasteiger partial charge in [0, 0.05) is 12.7 Å². The summed E-state index contributed by atoms with van der Waals surface area (Å²) >= 11 is 0. The first-order valence-corrected chi connectivity index (χ1v) is 7.13. The molecule has 2 aromatic rings. The van der Waals surface area contributed by atoms with Gasteiger partial charge >= 0.3 is 6.18 Å². The predicted octanol–water partition coefficient (Wildman–Crippen LogP) is 2.78. The van der Waals surface area contributed by atoms with Gasteiger partial charge in [-0.1, -0.05) is 6.07 Å². The van der Waals surface area contributed by atoms with Gasteiger partial charge in [0.15, 0.2) is 5.69 Å². The van der Waals surface area contributed by atoms with Gasteiger partial charge in [-0.2, -0.15) is 18.3 Å². The summed E-state index contributed by atoms with van der Waals surface area (Å²) in [4.78, 5) is 11.9. The van der Waals surface area contributed by atoms with E-state index in [0.717, 1.165) is 25.0 Å². The van der Waals surface area contributed by atoms with E-state index in [1.165, 1.54) is 29.1 Å². The molecule has 1 aromatic carbocycles. The zero-order valence-electron chi connectivity index (χ0n) is 12.7. The molecule has 0 saturated carbocycles. The number of aromatic nitrogens is 2. The molecule has 0 unspecified atom stereocenters. The Morgan fingerprint density at radius 1 is 1.25 bits per heavy atom. The minimum atomic E-state index is -4.42. The van der Waals surface area contributed by atoms with Crippen LogP contribution in [0.5, 0.6) is 0 Å². The van der Waals surface area contributed by atoms with Crippen LogP contribution in [0, 0.1) is 0 Å². The predicted molar refractivity (Wildman–Crippen MR) is 86.4 cm³/mol. The Morgan fingerprint density at radius 2 is 2.00 bits per heavy atom. The van der Waals surface area contributed by atoms with Crippen LogP contribution in [0.2, 0.25) is 0 Å². The van der Waals surface area contributed by atoms with Crippen molar-refractivity contribution in [3.63, 3.8) is 0 Å². The molecular formula is C15H18ClF3N4O. The summed E-state index contributed by atoms with van der Waals surface area (Å²) in [6, 6.07) is 6.21. The Balaban J connectivity index is 0.00000288.